The smallest absolute Gasteiger partial charge is 0.247 e. The van der Waals surface area contributed by atoms with Gasteiger partial charge in [-0.25, -0.2) is 0 Å². The summed E-state index contributed by atoms with van der Waals surface area (Å²) in [5.74, 6) is 2.24. The zero-order valence-corrected chi connectivity index (χ0v) is 14.8. The van der Waals surface area contributed by atoms with E-state index in [2.05, 4.69) is 35.4 Å². The van der Waals surface area contributed by atoms with Crippen molar-refractivity contribution in [1.29, 1.82) is 0 Å². The Morgan fingerprint density at radius 2 is 1.80 bits per heavy atom. The van der Waals surface area contributed by atoms with Gasteiger partial charge in [-0.2, -0.15) is 0 Å². The van der Waals surface area contributed by atoms with Crippen LogP contribution in [0.3, 0.4) is 0 Å². The molecule has 0 fully saturated rings. The first-order valence-electron chi connectivity index (χ1n) is 7.97. The molecular formula is C19H21N3O3. The number of benzene rings is 2. The standard InChI is InChI=1S/C19H21N3O3/c1-12-6-5-7-15(13(12)2)20-11-18-21-22-19(25-18)14-8-9-16(23-3)17(10-14)24-4/h5-10,20H,11H2,1-4H3. The third-order valence-electron chi connectivity index (χ3n) is 4.13. The molecule has 0 aliphatic carbocycles. The van der Waals surface area contributed by atoms with E-state index in [1.54, 1.807) is 14.2 Å². The van der Waals surface area contributed by atoms with Gasteiger partial charge < -0.3 is 19.2 Å². The summed E-state index contributed by atoms with van der Waals surface area (Å²) in [7, 11) is 3.19. The van der Waals surface area contributed by atoms with Crippen molar-refractivity contribution in [3.05, 3.63) is 53.4 Å². The minimum Gasteiger partial charge on any atom is -0.493 e. The maximum atomic E-state index is 5.75. The van der Waals surface area contributed by atoms with Gasteiger partial charge >= 0.3 is 0 Å². The third kappa shape index (κ3) is 3.57. The largest absolute Gasteiger partial charge is 0.493 e. The number of anilines is 1. The summed E-state index contributed by atoms with van der Waals surface area (Å²) in [6.45, 7) is 4.63. The maximum absolute atomic E-state index is 5.75. The van der Waals surface area contributed by atoms with Gasteiger partial charge in [0.25, 0.3) is 0 Å². The molecule has 0 spiro atoms. The highest BCUT2D eigenvalue weighted by Gasteiger charge is 2.12. The van der Waals surface area contributed by atoms with E-state index in [0.717, 1.165) is 11.3 Å². The summed E-state index contributed by atoms with van der Waals surface area (Å²) in [6, 6.07) is 11.6. The lowest BCUT2D eigenvalue weighted by molar-refractivity contribution is 0.355. The second kappa shape index (κ2) is 7.25. The second-order valence-electron chi connectivity index (χ2n) is 5.67. The lowest BCUT2D eigenvalue weighted by atomic mass is 10.1. The van der Waals surface area contributed by atoms with Crippen LogP contribution in [0.2, 0.25) is 0 Å². The average Bonchev–Trinajstić information content (AvgIpc) is 3.11. The van der Waals surface area contributed by atoms with Gasteiger partial charge in [-0.3, -0.25) is 0 Å². The Morgan fingerprint density at radius 3 is 2.56 bits per heavy atom. The number of nitrogens with zero attached hydrogens (tertiary/aromatic N) is 2. The van der Waals surface area contributed by atoms with E-state index in [0.29, 0.717) is 29.8 Å². The van der Waals surface area contributed by atoms with Crippen molar-refractivity contribution in [1.82, 2.24) is 10.2 Å². The van der Waals surface area contributed by atoms with Crippen LogP contribution >= 0.6 is 0 Å². The number of hydrogen-bond acceptors (Lipinski definition) is 6. The van der Waals surface area contributed by atoms with Crippen molar-refractivity contribution in [3.63, 3.8) is 0 Å². The third-order valence-corrected chi connectivity index (χ3v) is 4.13. The minimum absolute atomic E-state index is 0.443. The van der Waals surface area contributed by atoms with Crippen LogP contribution in [-0.4, -0.2) is 24.4 Å². The predicted octanol–water partition coefficient (Wildman–Crippen LogP) is 3.98. The maximum Gasteiger partial charge on any atom is 0.247 e. The summed E-state index contributed by atoms with van der Waals surface area (Å²) in [5, 5.41) is 11.6. The van der Waals surface area contributed by atoms with Crippen LogP contribution in [-0.2, 0) is 6.54 Å². The van der Waals surface area contributed by atoms with E-state index in [-0.39, 0.29) is 0 Å². The van der Waals surface area contributed by atoms with Crippen molar-refractivity contribution in [3.8, 4) is 23.0 Å². The molecule has 0 aliphatic rings. The Labute approximate surface area is 146 Å². The van der Waals surface area contributed by atoms with Crippen LogP contribution < -0.4 is 14.8 Å². The van der Waals surface area contributed by atoms with E-state index >= 15 is 0 Å². The Hall–Kier alpha value is -3.02. The Kier molecular flexibility index (Phi) is 4.88. The van der Waals surface area contributed by atoms with Crippen LogP contribution in [0.25, 0.3) is 11.5 Å². The van der Waals surface area contributed by atoms with Gasteiger partial charge in [0.15, 0.2) is 11.5 Å². The molecule has 130 valence electrons. The summed E-state index contributed by atoms with van der Waals surface area (Å²) < 4.78 is 16.3. The fourth-order valence-electron chi connectivity index (χ4n) is 2.52. The first kappa shape index (κ1) is 16.8. The molecule has 1 aromatic heterocycles. The van der Waals surface area contributed by atoms with Gasteiger partial charge in [-0.15, -0.1) is 10.2 Å². The molecule has 1 N–H and O–H groups in total. The highest BCUT2D eigenvalue weighted by Crippen LogP contribution is 2.31. The van der Waals surface area contributed by atoms with Crippen LogP contribution in [0.4, 0.5) is 5.69 Å². The molecule has 0 unspecified atom stereocenters. The zero-order valence-electron chi connectivity index (χ0n) is 14.8. The van der Waals surface area contributed by atoms with Crippen molar-refractivity contribution < 1.29 is 13.9 Å². The van der Waals surface area contributed by atoms with Gasteiger partial charge in [0.2, 0.25) is 11.8 Å². The molecule has 2 aromatic carbocycles. The lowest BCUT2D eigenvalue weighted by Gasteiger charge is -2.09. The highest BCUT2D eigenvalue weighted by atomic mass is 16.5. The molecule has 0 aliphatic heterocycles. The van der Waals surface area contributed by atoms with E-state index in [1.807, 2.05) is 30.3 Å². The quantitative estimate of drug-likeness (QED) is 0.732. The Bertz CT molecular complexity index is 874. The summed E-state index contributed by atoms with van der Waals surface area (Å²) in [6.07, 6.45) is 0. The molecule has 0 amide bonds. The average molecular weight is 339 g/mol. The molecule has 25 heavy (non-hydrogen) atoms. The topological polar surface area (TPSA) is 69.4 Å². The normalized spacial score (nSPS) is 10.6. The molecule has 1 heterocycles. The molecule has 6 heteroatoms. The van der Waals surface area contributed by atoms with E-state index < -0.39 is 0 Å². The number of rotatable bonds is 6. The second-order valence-corrected chi connectivity index (χ2v) is 5.67. The van der Waals surface area contributed by atoms with Crippen LogP contribution in [0.15, 0.2) is 40.8 Å². The van der Waals surface area contributed by atoms with Gasteiger partial charge in [0.1, 0.15) is 0 Å². The number of ether oxygens (including phenoxy) is 2. The fourth-order valence-corrected chi connectivity index (χ4v) is 2.52. The molecule has 0 radical (unpaired) electrons. The Balaban J connectivity index is 1.75. The van der Waals surface area contributed by atoms with Crippen LogP contribution in [0.5, 0.6) is 11.5 Å². The van der Waals surface area contributed by atoms with Crippen molar-refractivity contribution in [2.45, 2.75) is 20.4 Å². The van der Waals surface area contributed by atoms with Gasteiger partial charge in [-0.1, -0.05) is 12.1 Å². The molecular weight excluding hydrogens is 318 g/mol. The van der Waals surface area contributed by atoms with Gasteiger partial charge in [0, 0.05) is 11.3 Å². The summed E-state index contributed by atoms with van der Waals surface area (Å²) in [4.78, 5) is 0. The Morgan fingerprint density at radius 1 is 1.00 bits per heavy atom. The van der Waals surface area contributed by atoms with Gasteiger partial charge in [-0.05, 0) is 49.2 Å². The molecule has 0 atom stereocenters. The van der Waals surface area contributed by atoms with Crippen LogP contribution in [0, 0.1) is 13.8 Å². The predicted molar refractivity (Wildman–Crippen MR) is 96.1 cm³/mol. The number of aromatic nitrogens is 2. The molecule has 3 aromatic rings. The minimum atomic E-state index is 0.443. The lowest BCUT2D eigenvalue weighted by Crippen LogP contribution is -2.02. The number of nitrogens with one attached hydrogen (secondary N) is 1. The molecule has 6 nitrogen and oxygen atoms in total. The first-order valence-corrected chi connectivity index (χ1v) is 7.97. The van der Waals surface area contributed by atoms with Crippen molar-refractivity contribution in [2.24, 2.45) is 0 Å². The van der Waals surface area contributed by atoms with Gasteiger partial charge in [0.05, 0.1) is 20.8 Å². The fraction of sp³-hybridized carbons (Fsp3) is 0.263. The van der Waals surface area contributed by atoms with E-state index in [9.17, 15) is 0 Å². The molecule has 3 rings (SSSR count). The van der Waals surface area contributed by atoms with Crippen LogP contribution in [0.1, 0.15) is 17.0 Å². The SMILES string of the molecule is COc1ccc(-c2nnc(CNc3cccc(C)c3C)o2)cc1OC. The summed E-state index contributed by atoms with van der Waals surface area (Å²) in [5.41, 5.74) is 4.29. The van der Waals surface area contributed by atoms with Crippen molar-refractivity contribution in [2.75, 3.05) is 19.5 Å². The summed E-state index contributed by atoms with van der Waals surface area (Å²) >= 11 is 0. The van der Waals surface area contributed by atoms with Crippen molar-refractivity contribution >= 4 is 5.69 Å². The zero-order chi connectivity index (χ0) is 17.8. The first-order chi connectivity index (χ1) is 12.1. The van der Waals surface area contributed by atoms with E-state index in [4.69, 9.17) is 13.9 Å². The number of aryl methyl sites for hydroxylation is 1. The molecule has 0 bridgehead atoms. The monoisotopic (exact) mass is 339 g/mol. The van der Waals surface area contributed by atoms with E-state index in [1.165, 1.54) is 11.1 Å². The molecule has 0 saturated carbocycles. The molecule has 0 saturated heterocycles. The number of methoxy groups -OCH3 is 2. The highest BCUT2D eigenvalue weighted by molar-refractivity contribution is 5.59. The number of hydrogen-bond donors (Lipinski definition) is 1.